The first-order chi connectivity index (χ1) is 10.6. The van der Waals surface area contributed by atoms with Gasteiger partial charge in [-0.25, -0.2) is 4.79 Å². The van der Waals surface area contributed by atoms with Crippen molar-refractivity contribution in [3.8, 4) is 0 Å². The Morgan fingerprint density at radius 2 is 1.77 bits per heavy atom. The van der Waals surface area contributed by atoms with E-state index in [-0.39, 0.29) is 5.97 Å². The minimum absolute atomic E-state index is 0.347. The molecular formula is C16H15BrN2O2S. The van der Waals surface area contributed by atoms with Crippen molar-refractivity contribution in [1.29, 1.82) is 0 Å². The Bertz CT molecular complexity index is 691. The molecule has 0 atom stereocenters. The summed E-state index contributed by atoms with van der Waals surface area (Å²) < 4.78 is 5.94. The summed E-state index contributed by atoms with van der Waals surface area (Å²) in [4.78, 5) is 11.7. The fourth-order valence-corrected chi connectivity index (χ4v) is 2.43. The third kappa shape index (κ3) is 4.82. The third-order valence-electron chi connectivity index (χ3n) is 2.71. The first kappa shape index (κ1) is 16.5. The summed E-state index contributed by atoms with van der Waals surface area (Å²) in [5, 5.41) is 6.57. The zero-order valence-corrected chi connectivity index (χ0v) is 14.3. The first-order valence-corrected chi connectivity index (χ1v) is 7.89. The van der Waals surface area contributed by atoms with Crippen molar-refractivity contribution in [2.24, 2.45) is 0 Å². The van der Waals surface area contributed by atoms with Gasteiger partial charge in [0.1, 0.15) is 0 Å². The largest absolute Gasteiger partial charge is 0.462 e. The van der Waals surface area contributed by atoms with Crippen molar-refractivity contribution < 1.29 is 9.53 Å². The molecule has 0 unspecified atom stereocenters. The van der Waals surface area contributed by atoms with E-state index in [1.54, 1.807) is 25.1 Å². The zero-order chi connectivity index (χ0) is 15.9. The predicted molar refractivity (Wildman–Crippen MR) is 96.4 cm³/mol. The average molecular weight is 379 g/mol. The predicted octanol–water partition coefficient (Wildman–Crippen LogP) is 4.43. The molecule has 0 aliphatic rings. The Kier molecular flexibility index (Phi) is 5.91. The van der Waals surface area contributed by atoms with Gasteiger partial charge in [0.05, 0.1) is 12.2 Å². The van der Waals surface area contributed by atoms with Crippen LogP contribution in [0.15, 0.2) is 53.0 Å². The maximum Gasteiger partial charge on any atom is 0.338 e. The van der Waals surface area contributed by atoms with Crippen LogP contribution in [0.2, 0.25) is 0 Å². The Hall–Kier alpha value is -1.92. The van der Waals surface area contributed by atoms with Crippen molar-refractivity contribution in [1.82, 2.24) is 0 Å². The molecule has 0 fully saturated rings. The molecule has 0 heterocycles. The molecule has 0 saturated heterocycles. The van der Waals surface area contributed by atoms with Gasteiger partial charge in [0, 0.05) is 15.8 Å². The summed E-state index contributed by atoms with van der Waals surface area (Å²) in [6.07, 6.45) is 0. The highest BCUT2D eigenvalue weighted by Crippen LogP contribution is 2.17. The van der Waals surface area contributed by atoms with E-state index >= 15 is 0 Å². The molecule has 22 heavy (non-hydrogen) atoms. The van der Waals surface area contributed by atoms with E-state index in [9.17, 15) is 4.79 Å². The molecule has 2 N–H and O–H groups in total. The highest BCUT2D eigenvalue weighted by atomic mass is 79.9. The molecule has 0 amide bonds. The van der Waals surface area contributed by atoms with Crippen LogP contribution in [-0.4, -0.2) is 17.7 Å². The normalized spacial score (nSPS) is 9.91. The topological polar surface area (TPSA) is 50.4 Å². The molecule has 0 saturated carbocycles. The van der Waals surface area contributed by atoms with Gasteiger partial charge in [0.25, 0.3) is 0 Å². The van der Waals surface area contributed by atoms with Crippen LogP contribution in [0.25, 0.3) is 0 Å². The fraction of sp³-hybridized carbons (Fsp3) is 0.125. The van der Waals surface area contributed by atoms with Crippen molar-refractivity contribution in [2.75, 3.05) is 17.2 Å². The van der Waals surface area contributed by atoms with Gasteiger partial charge in [-0.15, -0.1) is 0 Å². The minimum Gasteiger partial charge on any atom is -0.462 e. The van der Waals surface area contributed by atoms with Gasteiger partial charge in [0.2, 0.25) is 0 Å². The second-order valence-electron chi connectivity index (χ2n) is 4.39. The number of halogens is 1. The number of esters is 1. The molecule has 4 nitrogen and oxygen atoms in total. The summed E-state index contributed by atoms with van der Waals surface area (Å²) in [5.74, 6) is -0.350. The van der Waals surface area contributed by atoms with Crippen LogP contribution in [0, 0.1) is 0 Å². The van der Waals surface area contributed by atoms with Gasteiger partial charge in [-0.3, -0.25) is 0 Å². The van der Waals surface area contributed by atoms with Crippen LogP contribution >= 0.6 is 28.1 Å². The molecule has 2 aromatic carbocycles. The third-order valence-corrected chi connectivity index (χ3v) is 3.41. The van der Waals surface area contributed by atoms with Gasteiger partial charge in [-0.1, -0.05) is 28.1 Å². The van der Waals surface area contributed by atoms with Gasteiger partial charge in [0.15, 0.2) is 5.11 Å². The molecule has 0 bridgehead atoms. The van der Waals surface area contributed by atoms with E-state index < -0.39 is 0 Å². The second kappa shape index (κ2) is 7.91. The molecule has 6 heteroatoms. The SMILES string of the molecule is CCOC(=O)c1cccc(NC(=S)Nc2cccc(Br)c2)c1. The minimum atomic E-state index is -0.350. The van der Waals surface area contributed by atoms with Crippen LogP contribution in [0.4, 0.5) is 11.4 Å². The number of hydrogen-bond donors (Lipinski definition) is 2. The quantitative estimate of drug-likeness (QED) is 0.608. The Morgan fingerprint density at radius 1 is 1.14 bits per heavy atom. The number of ether oxygens (including phenoxy) is 1. The van der Waals surface area contributed by atoms with E-state index in [0.29, 0.717) is 17.3 Å². The summed E-state index contributed by atoms with van der Waals surface area (Å²) in [7, 11) is 0. The molecule has 0 spiro atoms. The molecule has 2 aromatic rings. The Morgan fingerprint density at radius 3 is 2.41 bits per heavy atom. The number of nitrogens with one attached hydrogen (secondary N) is 2. The number of rotatable bonds is 4. The standard InChI is InChI=1S/C16H15BrN2O2S/c1-2-21-15(20)11-5-3-7-13(9-11)18-16(22)19-14-8-4-6-12(17)10-14/h3-10H,2H2,1H3,(H2,18,19,22). The summed E-state index contributed by atoms with van der Waals surface area (Å²) >= 11 is 8.67. The van der Waals surface area contributed by atoms with Gasteiger partial charge >= 0.3 is 5.97 Å². The molecule has 0 aromatic heterocycles. The van der Waals surface area contributed by atoms with Crippen LogP contribution in [0.1, 0.15) is 17.3 Å². The number of thiocarbonyl (C=S) groups is 1. The number of carbonyl (C=O) groups excluding carboxylic acids is 1. The Balaban J connectivity index is 2.02. The second-order valence-corrected chi connectivity index (χ2v) is 5.71. The maximum atomic E-state index is 11.7. The lowest BCUT2D eigenvalue weighted by molar-refractivity contribution is 0.0526. The van der Waals surface area contributed by atoms with Crippen LogP contribution in [0.5, 0.6) is 0 Å². The first-order valence-electron chi connectivity index (χ1n) is 6.69. The number of benzene rings is 2. The van der Waals surface area contributed by atoms with E-state index in [4.69, 9.17) is 17.0 Å². The van der Waals surface area contributed by atoms with Crippen molar-refractivity contribution in [3.05, 3.63) is 58.6 Å². The van der Waals surface area contributed by atoms with Crippen molar-refractivity contribution >= 4 is 50.6 Å². The van der Waals surface area contributed by atoms with E-state index in [1.165, 1.54) is 0 Å². The highest BCUT2D eigenvalue weighted by Gasteiger charge is 2.07. The molecular weight excluding hydrogens is 364 g/mol. The van der Waals surface area contributed by atoms with Crippen LogP contribution < -0.4 is 10.6 Å². The van der Waals surface area contributed by atoms with Crippen molar-refractivity contribution in [3.63, 3.8) is 0 Å². The molecule has 0 aliphatic heterocycles. The molecule has 0 radical (unpaired) electrons. The van der Waals surface area contributed by atoms with E-state index in [0.717, 1.165) is 15.8 Å². The lowest BCUT2D eigenvalue weighted by Crippen LogP contribution is -2.19. The lowest BCUT2D eigenvalue weighted by atomic mass is 10.2. The molecule has 2 rings (SSSR count). The molecule has 114 valence electrons. The van der Waals surface area contributed by atoms with Crippen LogP contribution in [-0.2, 0) is 4.74 Å². The summed E-state index contributed by atoms with van der Waals surface area (Å²) in [6.45, 7) is 2.12. The number of carbonyl (C=O) groups is 1. The highest BCUT2D eigenvalue weighted by molar-refractivity contribution is 9.10. The summed E-state index contributed by atoms with van der Waals surface area (Å²) in [5.41, 5.74) is 2.07. The monoisotopic (exact) mass is 378 g/mol. The summed E-state index contributed by atoms with van der Waals surface area (Å²) in [6, 6.07) is 14.7. The van der Waals surface area contributed by atoms with Crippen LogP contribution in [0.3, 0.4) is 0 Å². The number of anilines is 2. The Labute approximate surface area is 143 Å². The van der Waals surface area contributed by atoms with Gasteiger partial charge in [-0.2, -0.15) is 0 Å². The number of hydrogen-bond acceptors (Lipinski definition) is 3. The van der Waals surface area contributed by atoms with E-state index in [1.807, 2.05) is 30.3 Å². The smallest absolute Gasteiger partial charge is 0.338 e. The molecule has 0 aliphatic carbocycles. The van der Waals surface area contributed by atoms with Crippen molar-refractivity contribution in [2.45, 2.75) is 6.92 Å². The van der Waals surface area contributed by atoms with Gasteiger partial charge in [-0.05, 0) is 55.5 Å². The van der Waals surface area contributed by atoms with Gasteiger partial charge < -0.3 is 15.4 Å². The average Bonchev–Trinajstić information content (AvgIpc) is 2.47. The lowest BCUT2D eigenvalue weighted by Gasteiger charge is -2.11. The van der Waals surface area contributed by atoms with E-state index in [2.05, 4.69) is 26.6 Å². The maximum absolute atomic E-state index is 11.7. The zero-order valence-electron chi connectivity index (χ0n) is 11.9. The fourth-order valence-electron chi connectivity index (χ4n) is 1.80.